The van der Waals surface area contributed by atoms with Gasteiger partial charge < -0.3 is 4.42 Å². The van der Waals surface area contributed by atoms with Crippen LogP contribution < -0.4 is 11.3 Å². The molecule has 0 radical (unpaired) electrons. The fourth-order valence-corrected chi connectivity index (χ4v) is 3.57. The van der Waals surface area contributed by atoms with E-state index in [1.807, 2.05) is 13.8 Å². The van der Waals surface area contributed by atoms with Crippen LogP contribution in [0.4, 0.5) is 0 Å². The summed E-state index contributed by atoms with van der Waals surface area (Å²) in [6.45, 7) is 4.45. The number of rotatable bonds is 5. The fourth-order valence-electron chi connectivity index (χ4n) is 2.44. The minimum absolute atomic E-state index is 0.226. The van der Waals surface area contributed by atoms with Gasteiger partial charge in [0.25, 0.3) is 0 Å². The maximum absolute atomic E-state index is 11.8. The molecule has 0 bridgehead atoms. The molecule has 126 valence electrons. The number of aromatic nitrogens is 3. The van der Waals surface area contributed by atoms with Gasteiger partial charge in [-0.3, -0.25) is 4.57 Å². The minimum atomic E-state index is -0.409. The van der Waals surface area contributed by atoms with E-state index in [1.54, 1.807) is 16.7 Å². The van der Waals surface area contributed by atoms with E-state index < -0.39 is 5.63 Å². The van der Waals surface area contributed by atoms with Gasteiger partial charge in [0, 0.05) is 28.8 Å². The van der Waals surface area contributed by atoms with E-state index in [-0.39, 0.29) is 5.69 Å². The van der Waals surface area contributed by atoms with Crippen molar-refractivity contribution < 1.29 is 4.42 Å². The molecule has 2 heterocycles. The molecule has 6 nitrogen and oxygen atoms in total. The molecule has 8 heteroatoms. The lowest BCUT2D eigenvalue weighted by molar-refractivity contribution is 0.559. The van der Waals surface area contributed by atoms with Crippen LogP contribution in [0, 0.1) is 6.92 Å². The third kappa shape index (κ3) is 3.27. The molecule has 24 heavy (non-hydrogen) atoms. The molecule has 1 N–H and O–H groups in total. The van der Waals surface area contributed by atoms with Crippen molar-refractivity contribution in [3.8, 4) is 0 Å². The van der Waals surface area contributed by atoms with Crippen molar-refractivity contribution in [3.05, 3.63) is 55.3 Å². The van der Waals surface area contributed by atoms with Crippen LogP contribution in [0.15, 0.2) is 37.4 Å². The normalized spacial score (nSPS) is 11.3. The van der Waals surface area contributed by atoms with Crippen molar-refractivity contribution in [1.82, 2.24) is 14.8 Å². The summed E-state index contributed by atoms with van der Waals surface area (Å²) in [4.78, 5) is 23.5. The third-order valence-electron chi connectivity index (χ3n) is 3.64. The zero-order valence-electron chi connectivity index (χ0n) is 13.3. The van der Waals surface area contributed by atoms with Crippen molar-refractivity contribution in [2.24, 2.45) is 0 Å². The molecule has 3 rings (SSSR count). The van der Waals surface area contributed by atoms with E-state index in [4.69, 9.17) is 16.0 Å². The van der Waals surface area contributed by atoms with Crippen molar-refractivity contribution in [2.75, 3.05) is 0 Å². The Labute approximate surface area is 146 Å². The predicted molar refractivity (Wildman–Crippen MR) is 94.9 cm³/mol. The molecule has 0 saturated carbocycles. The largest absolute Gasteiger partial charge is 0.423 e. The average molecular weight is 366 g/mol. The van der Waals surface area contributed by atoms with E-state index in [9.17, 15) is 9.59 Å². The molecule has 0 amide bonds. The second kappa shape index (κ2) is 6.86. The number of fused-ring (bicyclic) bond motifs is 1. The summed E-state index contributed by atoms with van der Waals surface area (Å²) in [6, 6.07) is 5.01. The molecule has 1 aromatic carbocycles. The summed E-state index contributed by atoms with van der Waals surface area (Å²) in [5.41, 5.74) is 1.52. The van der Waals surface area contributed by atoms with Crippen LogP contribution in [0.1, 0.15) is 24.5 Å². The predicted octanol–water partition coefficient (Wildman–Crippen LogP) is 3.34. The molecular weight excluding hydrogens is 350 g/mol. The van der Waals surface area contributed by atoms with Crippen LogP contribution in [0.5, 0.6) is 0 Å². The zero-order chi connectivity index (χ0) is 17.3. The van der Waals surface area contributed by atoms with Gasteiger partial charge in [-0.15, -0.1) is 5.10 Å². The van der Waals surface area contributed by atoms with Gasteiger partial charge in [-0.2, -0.15) is 0 Å². The van der Waals surface area contributed by atoms with Crippen LogP contribution in [0.3, 0.4) is 0 Å². The van der Waals surface area contributed by atoms with Crippen LogP contribution in [0.25, 0.3) is 11.0 Å². The summed E-state index contributed by atoms with van der Waals surface area (Å²) >= 11 is 7.59. The number of hydrogen-bond acceptors (Lipinski definition) is 5. The molecule has 0 spiro atoms. The van der Waals surface area contributed by atoms with Crippen molar-refractivity contribution >= 4 is 34.3 Å². The third-order valence-corrected chi connectivity index (χ3v) is 5.07. The average Bonchev–Trinajstić information content (AvgIpc) is 2.88. The van der Waals surface area contributed by atoms with Gasteiger partial charge in [-0.1, -0.05) is 30.3 Å². The van der Waals surface area contributed by atoms with Crippen LogP contribution in [0.2, 0.25) is 5.02 Å². The van der Waals surface area contributed by atoms with Gasteiger partial charge in [-0.05, 0) is 36.6 Å². The maximum atomic E-state index is 11.8. The van der Waals surface area contributed by atoms with Gasteiger partial charge in [-0.25, -0.2) is 14.7 Å². The number of nitrogens with one attached hydrogen (secondary N) is 1. The molecule has 3 aromatic rings. The standard InChI is InChI=1S/C16H16ClN3O3S/c1-3-4-20-15(22)18-19-16(20)24-8-10-6-14(21)23-13-5-9(2)12(17)7-11(10)13/h5-7H,3-4,8H2,1-2H3,(H,18,22). The SMILES string of the molecule is CCCn1c(SCc2cc(=O)oc3cc(C)c(Cl)cc23)n[nH]c1=O. The summed E-state index contributed by atoms with van der Waals surface area (Å²) in [5, 5.41) is 8.51. The van der Waals surface area contributed by atoms with Crippen LogP contribution in [-0.2, 0) is 12.3 Å². The summed E-state index contributed by atoms with van der Waals surface area (Å²) in [5.74, 6) is 0.482. The van der Waals surface area contributed by atoms with E-state index in [1.165, 1.54) is 17.8 Å². The maximum Gasteiger partial charge on any atom is 0.343 e. The highest BCUT2D eigenvalue weighted by molar-refractivity contribution is 7.98. The number of thioether (sulfide) groups is 1. The topological polar surface area (TPSA) is 80.9 Å². The Kier molecular flexibility index (Phi) is 4.82. The number of aromatic amines is 1. The van der Waals surface area contributed by atoms with E-state index in [2.05, 4.69) is 10.2 Å². The van der Waals surface area contributed by atoms with E-state index >= 15 is 0 Å². The Bertz CT molecular complexity index is 1010. The number of nitrogens with zero attached hydrogens (tertiary/aromatic N) is 2. The first kappa shape index (κ1) is 16.9. The first-order chi connectivity index (χ1) is 11.5. The smallest absolute Gasteiger partial charge is 0.343 e. The van der Waals surface area contributed by atoms with Gasteiger partial charge in [0.1, 0.15) is 5.58 Å². The molecule has 0 unspecified atom stereocenters. The molecule has 0 aliphatic carbocycles. The first-order valence-electron chi connectivity index (χ1n) is 7.50. The quantitative estimate of drug-likeness (QED) is 0.554. The lowest BCUT2D eigenvalue weighted by Gasteiger charge is -2.07. The van der Waals surface area contributed by atoms with Gasteiger partial charge in [0.2, 0.25) is 0 Å². The van der Waals surface area contributed by atoms with Crippen molar-refractivity contribution in [2.45, 2.75) is 37.7 Å². The second-order valence-corrected chi connectivity index (χ2v) is 6.79. The van der Waals surface area contributed by atoms with E-state index in [0.29, 0.717) is 28.1 Å². The Morgan fingerprint density at radius 1 is 1.33 bits per heavy atom. The van der Waals surface area contributed by atoms with Crippen LogP contribution >= 0.6 is 23.4 Å². The number of aryl methyl sites for hydroxylation is 1. The summed E-state index contributed by atoms with van der Waals surface area (Å²) in [6.07, 6.45) is 0.833. The number of hydrogen-bond donors (Lipinski definition) is 1. The number of H-pyrrole nitrogens is 1. The summed E-state index contributed by atoms with van der Waals surface area (Å²) < 4.78 is 6.85. The van der Waals surface area contributed by atoms with E-state index in [0.717, 1.165) is 22.9 Å². The minimum Gasteiger partial charge on any atom is -0.423 e. The monoisotopic (exact) mass is 365 g/mol. The van der Waals surface area contributed by atoms with Crippen LogP contribution in [-0.4, -0.2) is 14.8 Å². The second-order valence-electron chi connectivity index (χ2n) is 5.44. The lowest BCUT2D eigenvalue weighted by Crippen LogP contribution is -2.17. The summed E-state index contributed by atoms with van der Waals surface area (Å²) in [7, 11) is 0. The number of halogens is 1. The highest BCUT2D eigenvalue weighted by Gasteiger charge is 2.12. The number of benzene rings is 1. The molecule has 0 saturated heterocycles. The highest BCUT2D eigenvalue weighted by Crippen LogP contribution is 2.28. The Morgan fingerprint density at radius 2 is 2.12 bits per heavy atom. The molecule has 2 aromatic heterocycles. The Morgan fingerprint density at radius 3 is 2.88 bits per heavy atom. The van der Waals surface area contributed by atoms with Crippen molar-refractivity contribution in [3.63, 3.8) is 0 Å². The van der Waals surface area contributed by atoms with Gasteiger partial charge >= 0.3 is 11.3 Å². The molecule has 0 aliphatic rings. The van der Waals surface area contributed by atoms with Gasteiger partial charge in [0.15, 0.2) is 5.16 Å². The zero-order valence-corrected chi connectivity index (χ0v) is 14.8. The Balaban J connectivity index is 1.97. The molecule has 0 fully saturated rings. The first-order valence-corrected chi connectivity index (χ1v) is 8.87. The van der Waals surface area contributed by atoms with Gasteiger partial charge in [0.05, 0.1) is 0 Å². The van der Waals surface area contributed by atoms with Crippen molar-refractivity contribution in [1.29, 1.82) is 0 Å². The fraction of sp³-hybridized carbons (Fsp3) is 0.312. The Hall–Kier alpha value is -1.99. The highest BCUT2D eigenvalue weighted by atomic mass is 35.5. The molecular formula is C16H16ClN3O3S. The lowest BCUT2D eigenvalue weighted by atomic mass is 10.1. The molecule has 0 atom stereocenters. The molecule has 0 aliphatic heterocycles.